The van der Waals surface area contributed by atoms with Gasteiger partial charge in [-0.25, -0.2) is 9.59 Å². The zero-order valence-electron chi connectivity index (χ0n) is 17.2. The van der Waals surface area contributed by atoms with E-state index in [9.17, 15) is 23.5 Å². The van der Waals surface area contributed by atoms with E-state index >= 15 is 0 Å². The number of hydrogen-bond donors (Lipinski definition) is 3. The molecule has 31 heavy (non-hydrogen) atoms. The predicted octanol–water partition coefficient (Wildman–Crippen LogP) is 2.11. The van der Waals surface area contributed by atoms with Crippen LogP contribution in [0, 0.1) is 0 Å². The summed E-state index contributed by atoms with van der Waals surface area (Å²) >= 11 is 0. The molecule has 0 spiro atoms. The molecule has 0 aromatic heterocycles. The lowest BCUT2D eigenvalue weighted by Gasteiger charge is -2.40. The summed E-state index contributed by atoms with van der Waals surface area (Å²) in [7, 11) is -2.49. The average molecular weight is 449 g/mol. The first-order valence-electron chi connectivity index (χ1n) is 10.8. The van der Waals surface area contributed by atoms with E-state index in [0.717, 1.165) is 12.0 Å². The number of imide groups is 1. The summed E-state index contributed by atoms with van der Waals surface area (Å²) in [5.41, 5.74) is 1.14. The van der Waals surface area contributed by atoms with Gasteiger partial charge in [0.2, 0.25) is 0 Å². The lowest BCUT2D eigenvalue weighted by molar-refractivity contribution is -0.129. The second kappa shape index (κ2) is 7.68. The van der Waals surface area contributed by atoms with Crippen molar-refractivity contribution in [2.45, 2.75) is 43.3 Å². The molecule has 1 aromatic rings. The van der Waals surface area contributed by atoms with Crippen molar-refractivity contribution in [3.63, 3.8) is 0 Å². The summed E-state index contributed by atoms with van der Waals surface area (Å²) in [6, 6.07) is 8.62. The Hall–Kier alpha value is -2.30. The van der Waals surface area contributed by atoms with Crippen molar-refractivity contribution in [1.82, 2.24) is 20.0 Å². The van der Waals surface area contributed by atoms with Gasteiger partial charge in [-0.05, 0) is 24.8 Å². The number of carbonyl (C=O) groups excluding carboxylic acids is 3. The van der Waals surface area contributed by atoms with Crippen LogP contribution in [0.4, 0.5) is 9.59 Å². The summed E-state index contributed by atoms with van der Waals surface area (Å²) in [5, 5.41) is 2.96. The molecule has 1 aromatic carbocycles. The molecule has 3 N–H and O–H groups in total. The van der Waals surface area contributed by atoms with Gasteiger partial charge in [0.25, 0.3) is 5.91 Å². The minimum Gasteiger partial charge on any atom is -0.335 e. The Bertz CT molecular complexity index is 887. The van der Waals surface area contributed by atoms with E-state index in [1.165, 1.54) is 4.90 Å². The van der Waals surface area contributed by atoms with Crippen LogP contribution in [0.3, 0.4) is 0 Å². The molecule has 4 aliphatic rings. The second-order valence-electron chi connectivity index (χ2n) is 8.90. The zero-order valence-corrected chi connectivity index (χ0v) is 18.0. The van der Waals surface area contributed by atoms with Gasteiger partial charge in [0.1, 0.15) is 6.04 Å². The third kappa shape index (κ3) is 3.88. The highest BCUT2D eigenvalue weighted by Crippen LogP contribution is 2.47. The molecule has 3 aliphatic heterocycles. The van der Waals surface area contributed by atoms with Crippen molar-refractivity contribution < 1.29 is 23.5 Å². The fourth-order valence-corrected chi connectivity index (χ4v) is 6.48. The SMILES string of the molecule is O=C(NC1CCS(O)(O)CC1)N1CCN2C(=O)N([C@H]3C[C@@H]3c3ccccc3)C(=O)[C@@H]2C1. The highest BCUT2D eigenvalue weighted by Gasteiger charge is 2.56. The molecular formula is C21H28N4O5S. The Morgan fingerprint density at radius 1 is 1.06 bits per heavy atom. The van der Waals surface area contributed by atoms with E-state index in [2.05, 4.69) is 5.32 Å². The first-order valence-corrected chi connectivity index (χ1v) is 12.7. The molecule has 1 aliphatic carbocycles. The van der Waals surface area contributed by atoms with Crippen LogP contribution in [0.1, 0.15) is 30.7 Å². The van der Waals surface area contributed by atoms with Crippen LogP contribution < -0.4 is 5.32 Å². The van der Waals surface area contributed by atoms with E-state index in [1.807, 2.05) is 30.3 Å². The van der Waals surface area contributed by atoms with Gasteiger partial charge in [-0.2, -0.15) is 10.6 Å². The second-order valence-corrected chi connectivity index (χ2v) is 11.3. The third-order valence-electron chi connectivity index (χ3n) is 6.87. The van der Waals surface area contributed by atoms with E-state index in [1.54, 1.807) is 9.80 Å². The maximum absolute atomic E-state index is 13.1. The number of fused-ring (bicyclic) bond motifs is 1. The van der Waals surface area contributed by atoms with E-state index < -0.39 is 16.6 Å². The van der Waals surface area contributed by atoms with Crippen LogP contribution in [-0.2, 0) is 4.79 Å². The molecular weight excluding hydrogens is 420 g/mol. The maximum Gasteiger partial charge on any atom is 0.327 e. The predicted molar refractivity (Wildman–Crippen MR) is 116 cm³/mol. The molecule has 168 valence electrons. The summed E-state index contributed by atoms with van der Waals surface area (Å²) in [5.74, 6) is 0.589. The first kappa shape index (κ1) is 20.6. The summed E-state index contributed by atoms with van der Waals surface area (Å²) < 4.78 is 19.5. The Balaban J connectivity index is 1.20. The number of hydrogen-bond acceptors (Lipinski definition) is 5. The summed E-state index contributed by atoms with van der Waals surface area (Å²) in [6.07, 6.45) is 1.85. The monoisotopic (exact) mass is 448 g/mol. The van der Waals surface area contributed by atoms with Crippen LogP contribution in [-0.4, -0.2) is 91.0 Å². The largest absolute Gasteiger partial charge is 0.335 e. The van der Waals surface area contributed by atoms with Gasteiger partial charge in [0.15, 0.2) is 0 Å². The Morgan fingerprint density at radius 3 is 2.48 bits per heavy atom. The first-order chi connectivity index (χ1) is 14.8. The van der Waals surface area contributed by atoms with Crippen molar-refractivity contribution in [2.75, 3.05) is 31.1 Å². The number of urea groups is 2. The molecule has 3 atom stereocenters. The van der Waals surface area contributed by atoms with E-state index in [0.29, 0.717) is 37.4 Å². The molecule has 5 rings (SSSR count). The minimum absolute atomic E-state index is 0.0963. The molecule has 0 radical (unpaired) electrons. The Labute approximate surface area is 182 Å². The summed E-state index contributed by atoms with van der Waals surface area (Å²) in [6.45, 7) is 0.911. The third-order valence-corrected chi connectivity index (χ3v) is 8.65. The number of piperazine rings is 1. The van der Waals surface area contributed by atoms with Crippen molar-refractivity contribution >= 4 is 28.6 Å². The molecule has 10 heteroatoms. The van der Waals surface area contributed by atoms with Crippen LogP contribution in [0.2, 0.25) is 0 Å². The Kier molecular flexibility index (Phi) is 5.10. The number of carbonyl (C=O) groups is 3. The molecule has 9 nitrogen and oxygen atoms in total. The number of rotatable bonds is 3. The van der Waals surface area contributed by atoms with E-state index in [4.69, 9.17) is 0 Å². The number of nitrogens with one attached hydrogen (secondary N) is 1. The van der Waals surface area contributed by atoms with Crippen LogP contribution in [0.25, 0.3) is 0 Å². The lowest BCUT2D eigenvalue weighted by Crippen LogP contribution is -2.58. The molecule has 3 saturated heterocycles. The fourth-order valence-electron chi connectivity index (χ4n) is 4.95. The van der Waals surface area contributed by atoms with Crippen molar-refractivity contribution in [2.24, 2.45) is 0 Å². The van der Waals surface area contributed by atoms with Crippen LogP contribution >= 0.6 is 10.6 Å². The molecule has 4 fully saturated rings. The number of nitrogens with zero attached hydrogens (tertiary/aromatic N) is 3. The Morgan fingerprint density at radius 2 is 1.77 bits per heavy atom. The quantitative estimate of drug-likeness (QED) is 0.613. The van der Waals surface area contributed by atoms with Crippen LogP contribution in [0.15, 0.2) is 30.3 Å². The molecule has 1 saturated carbocycles. The van der Waals surface area contributed by atoms with E-state index in [-0.39, 0.29) is 42.5 Å². The fraction of sp³-hybridized carbons (Fsp3) is 0.571. The maximum atomic E-state index is 13.1. The summed E-state index contributed by atoms with van der Waals surface area (Å²) in [4.78, 5) is 43.4. The topological polar surface area (TPSA) is 113 Å². The smallest absolute Gasteiger partial charge is 0.327 e. The highest BCUT2D eigenvalue weighted by molar-refractivity contribution is 8.24. The molecule has 3 heterocycles. The zero-order chi connectivity index (χ0) is 21.8. The molecule has 5 amide bonds. The van der Waals surface area contributed by atoms with Crippen molar-refractivity contribution in [3.8, 4) is 0 Å². The standard InChI is InChI=1S/C21H28N4O5S/c26-19-18-13-23(20(27)22-15-6-10-31(29,30)11-7-15)8-9-24(18)21(28)25(19)17-12-16(17)14-4-2-1-3-5-14/h1-5,15-18,29-30H,6-13H2,(H,22,27)/t16-,17+,18+/m1/s1. The van der Waals surface area contributed by atoms with Gasteiger partial charge in [-0.15, -0.1) is 0 Å². The average Bonchev–Trinajstić information content (AvgIpc) is 3.51. The van der Waals surface area contributed by atoms with Gasteiger partial charge in [0, 0.05) is 42.6 Å². The normalized spacial score (nSPS) is 31.4. The minimum atomic E-state index is -2.49. The van der Waals surface area contributed by atoms with Gasteiger partial charge in [-0.1, -0.05) is 30.3 Å². The van der Waals surface area contributed by atoms with Gasteiger partial charge in [0.05, 0.1) is 6.54 Å². The van der Waals surface area contributed by atoms with Crippen molar-refractivity contribution in [1.29, 1.82) is 0 Å². The number of benzene rings is 1. The molecule has 0 unspecified atom stereocenters. The number of amides is 5. The highest BCUT2D eigenvalue weighted by atomic mass is 32.3. The van der Waals surface area contributed by atoms with Gasteiger partial charge >= 0.3 is 12.1 Å². The molecule has 0 bridgehead atoms. The van der Waals surface area contributed by atoms with Gasteiger partial charge in [-0.3, -0.25) is 18.8 Å². The van der Waals surface area contributed by atoms with Gasteiger partial charge < -0.3 is 15.1 Å². The lowest BCUT2D eigenvalue weighted by atomic mass is 10.1. The van der Waals surface area contributed by atoms with Crippen LogP contribution in [0.5, 0.6) is 0 Å². The van der Waals surface area contributed by atoms with Crippen molar-refractivity contribution in [3.05, 3.63) is 35.9 Å².